The smallest absolute Gasteiger partial charge is 0.360 e. The molecule has 28 heavy (non-hydrogen) atoms. The maximum Gasteiger partial charge on any atom is 0.360 e. The molecule has 0 fully saturated rings. The largest absolute Gasteiger partial charge is 0.461 e. The highest BCUT2D eigenvalue weighted by atomic mass is 32.1. The van der Waals surface area contributed by atoms with E-state index in [0.29, 0.717) is 28.6 Å². The Hall–Kier alpha value is -3.26. The Morgan fingerprint density at radius 3 is 2.54 bits per heavy atom. The summed E-state index contributed by atoms with van der Waals surface area (Å²) in [4.78, 5) is 33.0. The normalized spacial score (nSPS) is 10.4. The van der Waals surface area contributed by atoms with Gasteiger partial charge in [0.1, 0.15) is 10.8 Å². The number of para-hydroxylation sites is 1. The molecule has 0 aliphatic rings. The number of anilines is 1. The molecule has 0 saturated heterocycles. The molecule has 7 nitrogen and oxygen atoms in total. The predicted octanol–water partition coefficient (Wildman–Crippen LogP) is 4.32. The van der Waals surface area contributed by atoms with Crippen LogP contribution in [0.15, 0.2) is 48.7 Å². The number of carbonyl (C=O) groups excluding carboxylic acids is 2. The molecule has 144 valence electrons. The first-order chi connectivity index (χ1) is 13.6. The lowest BCUT2D eigenvalue weighted by Gasteiger charge is -2.07. The highest BCUT2D eigenvalue weighted by molar-refractivity contribution is 7.16. The van der Waals surface area contributed by atoms with E-state index < -0.39 is 11.9 Å². The van der Waals surface area contributed by atoms with E-state index in [4.69, 9.17) is 9.47 Å². The van der Waals surface area contributed by atoms with Crippen LogP contribution in [0.1, 0.15) is 39.7 Å². The number of rotatable bonds is 7. The van der Waals surface area contributed by atoms with Crippen molar-refractivity contribution in [3.05, 3.63) is 64.9 Å². The molecule has 0 aliphatic heterocycles. The van der Waals surface area contributed by atoms with Gasteiger partial charge in [0.15, 0.2) is 5.69 Å². The van der Waals surface area contributed by atoms with Crippen molar-refractivity contribution in [2.75, 3.05) is 11.9 Å². The zero-order valence-electron chi connectivity index (χ0n) is 15.5. The van der Waals surface area contributed by atoms with Crippen LogP contribution < -0.4 is 10.1 Å². The van der Waals surface area contributed by atoms with E-state index in [1.807, 2.05) is 37.3 Å². The SMILES string of the molecule is CCOC(=O)c1nc(CC)sc1NC(=O)c1ccc(Oc2ccccc2)nc1. The number of aryl methyl sites for hydroxylation is 1. The molecule has 1 amide bonds. The number of hydrogen-bond acceptors (Lipinski definition) is 7. The average molecular weight is 397 g/mol. The van der Waals surface area contributed by atoms with Gasteiger partial charge < -0.3 is 14.8 Å². The van der Waals surface area contributed by atoms with Crippen LogP contribution >= 0.6 is 11.3 Å². The zero-order valence-corrected chi connectivity index (χ0v) is 16.3. The first-order valence-corrected chi connectivity index (χ1v) is 9.59. The highest BCUT2D eigenvalue weighted by Gasteiger charge is 2.21. The third-order valence-corrected chi connectivity index (χ3v) is 4.75. The number of benzene rings is 1. The average Bonchev–Trinajstić information content (AvgIpc) is 3.12. The Kier molecular flexibility index (Phi) is 6.33. The van der Waals surface area contributed by atoms with Gasteiger partial charge in [-0.1, -0.05) is 25.1 Å². The number of pyridine rings is 1. The van der Waals surface area contributed by atoms with Crippen LogP contribution in [0, 0.1) is 0 Å². The van der Waals surface area contributed by atoms with E-state index in [0.717, 1.165) is 5.01 Å². The van der Waals surface area contributed by atoms with Crippen molar-refractivity contribution in [1.29, 1.82) is 0 Å². The number of nitrogens with zero attached hydrogens (tertiary/aromatic N) is 2. The molecule has 0 radical (unpaired) electrons. The second-order valence-electron chi connectivity index (χ2n) is 5.61. The van der Waals surface area contributed by atoms with Gasteiger partial charge in [0, 0.05) is 12.3 Å². The van der Waals surface area contributed by atoms with Gasteiger partial charge in [0.05, 0.1) is 17.2 Å². The first-order valence-electron chi connectivity index (χ1n) is 8.77. The van der Waals surface area contributed by atoms with Gasteiger partial charge in [-0.05, 0) is 31.5 Å². The minimum Gasteiger partial charge on any atom is -0.461 e. The van der Waals surface area contributed by atoms with Crippen LogP contribution in [0.3, 0.4) is 0 Å². The molecule has 1 N–H and O–H groups in total. The fourth-order valence-electron chi connectivity index (χ4n) is 2.30. The van der Waals surface area contributed by atoms with Crippen LogP contribution in [0.5, 0.6) is 11.6 Å². The van der Waals surface area contributed by atoms with E-state index in [1.54, 1.807) is 19.1 Å². The molecular weight excluding hydrogens is 378 g/mol. The highest BCUT2D eigenvalue weighted by Crippen LogP contribution is 2.27. The van der Waals surface area contributed by atoms with Crippen LogP contribution in [0.2, 0.25) is 0 Å². The molecule has 2 heterocycles. The number of hydrogen-bond donors (Lipinski definition) is 1. The van der Waals surface area contributed by atoms with Gasteiger partial charge in [0.2, 0.25) is 5.88 Å². The lowest BCUT2D eigenvalue weighted by molar-refractivity contribution is 0.0521. The maximum absolute atomic E-state index is 12.5. The standard InChI is InChI=1S/C20H19N3O4S/c1-3-16-22-17(20(25)26-4-2)19(28-16)23-18(24)13-10-11-15(21-12-13)27-14-8-6-5-7-9-14/h5-12H,3-4H2,1-2H3,(H,23,24). The monoisotopic (exact) mass is 397 g/mol. The summed E-state index contributed by atoms with van der Waals surface area (Å²) in [6.45, 7) is 3.88. The number of ether oxygens (including phenoxy) is 2. The van der Waals surface area contributed by atoms with Crippen molar-refractivity contribution in [1.82, 2.24) is 9.97 Å². The van der Waals surface area contributed by atoms with Crippen LogP contribution in [-0.4, -0.2) is 28.5 Å². The maximum atomic E-state index is 12.5. The molecule has 8 heteroatoms. The van der Waals surface area contributed by atoms with Crippen LogP contribution in [0.25, 0.3) is 0 Å². The second-order valence-corrected chi connectivity index (χ2v) is 6.70. The molecule has 0 saturated carbocycles. The van der Waals surface area contributed by atoms with E-state index in [9.17, 15) is 9.59 Å². The molecule has 1 aromatic carbocycles. The fraction of sp³-hybridized carbons (Fsp3) is 0.200. The quantitative estimate of drug-likeness (QED) is 0.597. The summed E-state index contributed by atoms with van der Waals surface area (Å²) in [5.41, 5.74) is 0.454. The van der Waals surface area contributed by atoms with Crippen molar-refractivity contribution >= 4 is 28.2 Å². The number of thiazole rings is 1. The molecule has 0 atom stereocenters. The number of esters is 1. The van der Waals surface area contributed by atoms with Gasteiger partial charge >= 0.3 is 5.97 Å². The van der Waals surface area contributed by atoms with E-state index >= 15 is 0 Å². The summed E-state index contributed by atoms with van der Waals surface area (Å²) in [6, 6.07) is 12.4. The third kappa shape index (κ3) is 4.72. The Bertz CT molecular complexity index is 955. The molecule has 0 unspecified atom stereocenters. The van der Waals surface area contributed by atoms with E-state index in [2.05, 4.69) is 15.3 Å². The summed E-state index contributed by atoms with van der Waals surface area (Å²) in [7, 11) is 0. The molecule has 2 aromatic heterocycles. The van der Waals surface area contributed by atoms with Gasteiger partial charge in [-0.15, -0.1) is 11.3 Å². The summed E-state index contributed by atoms with van der Waals surface area (Å²) >= 11 is 1.25. The van der Waals surface area contributed by atoms with Crippen molar-refractivity contribution < 1.29 is 19.1 Å². The summed E-state index contributed by atoms with van der Waals surface area (Å²) in [5.74, 6) is 0.0816. The van der Waals surface area contributed by atoms with E-state index in [-0.39, 0.29) is 12.3 Å². The van der Waals surface area contributed by atoms with Crippen molar-refractivity contribution in [2.45, 2.75) is 20.3 Å². The number of amides is 1. The first kappa shape index (κ1) is 19.5. The summed E-state index contributed by atoms with van der Waals surface area (Å²) in [6.07, 6.45) is 2.07. The Labute approximate surface area is 166 Å². The van der Waals surface area contributed by atoms with Gasteiger partial charge in [-0.3, -0.25) is 4.79 Å². The van der Waals surface area contributed by atoms with Crippen molar-refractivity contribution in [2.24, 2.45) is 0 Å². The van der Waals surface area contributed by atoms with Crippen molar-refractivity contribution in [3.63, 3.8) is 0 Å². The number of nitrogens with one attached hydrogen (secondary N) is 1. The Morgan fingerprint density at radius 1 is 1.11 bits per heavy atom. The lowest BCUT2D eigenvalue weighted by Crippen LogP contribution is -2.15. The van der Waals surface area contributed by atoms with Gasteiger partial charge in [0.25, 0.3) is 5.91 Å². The zero-order chi connectivity index (χ0) is 19.9. The molecule has 3 rings (SSSR count). The summed E-state index contributed by atoms with van der Waals surface area (Å²) < 4.78 is 10.6. The third-order valence-electron chi connectivity index (χ3n) is 3.63. The van der Waals surface area contributed by atoms with Gasteiger partial charge in [-0.2, -0.15) is 0 Å². The summed E-state index contributed by atoms with van der Waals surface area (Å²) in [5, 5.41) is 3.83. The Balaban J connectivity index is 1.72. The lowest BCUT2D eigenvalue weighted by atomic mass is 10.2. The van der Waals surface area contributed by atoms with Crippen LogP contribution in [0.4, 0.5) is 5.00 Å². The minimum atomic E-state index is -0.557. The van der Waals surface area contributed by atoms with Crippen LogP contribution in [-0.2, 0) is 11.2 Å². The fourth-order valence-corrected chi connectivity index (χ4v) is 3.18. The minimum absolute atomic E-state index is 0.119. The molecule has 3 aromatic rings. The molecule has 0 aliphatic carbocycles. The topological polar surface area (TPSA) is 90.4 Å². The van der Waals surface area contributed by atoms with Gasteiger partial charge in [-0.25, -0.2) is 14.8 Å². The molecule has 0 spiro atoms. The number of aromatic nitrogens is 2. The predicted molar refractivity (Wildman–Crippen MR) is 106 cm³/mol. The molecule has 0 bridgehead atoms. The van der Waals surface area contributed by atoms with Crippen molar-refractivity contribution in [3.8, 4) is 11.6 Å². The Morgan fingerprint density at radius 2 is 1.89 bits per heavy atom. The number of carbonyl (C=O) groups is 2. The molecular formula is C20H19N3O4S. The van der Waals surface area contributed by atoms with E-state index in [1.165, 1.54) is 17.5 Å². The second kappa shape index (κ2) is 9.09.